The third-order valence-corrected chi connectivity index (χ3v) is 3.12. The summed E-state index contributed by atoms with van der Waals surface area (Å²) in [6.45, 7) is 5.26. The molecule has 0 radical (unpaired) electrons. The zero-order valence-electron chi connectivity index (χ0n) is 10.1. The molecule has 0 aromatic heterocycles. The minimum Gasteiger partial charge on any atom is -0.467 e. The Hall–Kier alpha value is -1.10. The fraction of sp³-hybridized carbons (Fsp3) is 0.818. The molecule has 1 heterocycles. The predicted octanol–water partition coefficient (Wildman–Crippen LogP) is 0.0538. The first kappa shape index (κ1) is 13.0. The SMILES string of the molecule is CCC(NC(=O)C1(C)CCNC1)C(=O)OC. The molecule has 1 fully saturated rings. The zero-order valence-corrected chi connectivity index (χ0v) is 10.1. The summed E-state index contributed by atoms with van der Waals surface area (Å²) in [4.78, 5) is 23.3. The van der Waals surface area contributed by atoms with Crippen LogP contribution >= 0.6 is 0 Å². The van der Waals surface area contributed by atoms with Crippen molar-refractivity contribution in [2.24, 2.45) is 5.41 Å². The summed E-state index contributed by atoms with van der Waals surface area (Å²) < 4.78 is 4.63. The highest BCUT2D eigenvalue weighted by molar-refractivity contribution is 5.88. The average Bonchev–Trinajstić information content (AvgIpc) is 2.73. The standard InChI is InChI=1S/C11H20N2O3/c1-4-8(9(14)16-3)13-10(15)11(2)5-6-12-7-11/h8,12H,4-7H2,1-3H3,(H,13,15). The number of carbonyl (C=O) groups is 2. The fourth-order valence-electron chi connectivity index (χ4n) is 1.81. The second-order valence-electron chi connectivity index (χ2n) is 4.44. The van der Waals surface area contributed by atoms with E-state index in [9.17, 15) is 9.59 Å². The Morgan fingerprint density at radius 3 is 2.69 bits per heavy atom. The van der Waals surface area contributed by atoms with E-state index < -0.39 is 11.5 Å². The summed E-state index contributed by atoms with van der Waals surface area (Å²) >= 11 is 0. The number of nitrogens with one attached hydrogen (secondary N) is 2. The van der Waals surface area contributed by atoms with Crippen molar-refractivity contribution in [2.75, 3.05) is 20.2 Å². The lowest BCUT2D eigenvalue weighted by molar-refractivity contribution is -0.146. The smallest absolute Gasteiger partial charge is 0.328 e. The van der Waals surface area contributed by atoms with Crippen molar-refractivity contribution in [1.82, 2.24) is 10.6 Å². The van der Waals surface area contributed by atoms with Crippen LogP contribution < -0.4 is 10.6 Å². The highest BCUT2D eigenvalue weighted by Gasteiger charge is 2.37. The van der Waals surface area contributed by atoms with Gasteiger partial charge < -0.3 is 15.4 Å². The van der Waals surface area contributed by atoms with Gasteiger partial charge in [-0.25, -0.2) is 4.79 Å². The number of ether oxygens (including phenoxy) is 1. The number of hydrogen-bond acceptors (Lipinski definition) is 4. The molecule has 0 aromatic carbocycles. The van der Waals surface area contributed by atoms with Crippen LogP contribution in [-0.2, 0) is 14.3 Å². The van der Waals surface area contributed by atoms with Crippen molar-refractivity contribution < 1.29 is 14.3 Å². The van der Waals surface area contributed by atoms with E-state index in [-0.39, 0.29) is 11.9 Å². The highest BCUT2D eigenvalue weighted by atomic mass is 16.5. The lowest BCUT2D eigenvalue weighted by atomic mass is 9.88. The molecule has 0 saturated carbocycles. The van der Waals surface area contributed by atoms with Crippen molar-refractivity contribution in [3.63, 3.8) is 0 Å². The van der Waals surface area contributed by atoms with Gasteiger partial charge in [-0.3, -0.25) is 4.79 Å². The van der Waals surface area contributed by atoms with Gasteiger partial charge in [0.05, 0.1) is 12.5 Å². The molecule has 5 heteroatoms. The lowest BCUT2D eigenvalue weighted by Crippen LogP contribution is -2.48. The van der Waals surface area contributed by atoms with Crippen molar-refractivity contribution in [1.29, 1.82) is 0 Å². The van der Waals surface area contributed by atoms with Crippen molar-refractivity contribution in [3.8, 4) is 0 Å². The first-order valence-corrected chi connectivity index (χ1v) is 5.63. The van der Waals surface area contributed by atoms with Gasteiger partial charge in [0.25, 0.3) is 0 Å². The van der Waals surface area contributed by atoms with Crippen LogP contribution in [-0.4, -0.2) is 38.1 Å². The quantitative estimate of drug-likeness (QED) is 0.667. The van der Waals surface area contributed by atoms with Gasteiger partial charge in [0.15, 0.2) is 0 Å². The molecule has 16 heavy (non-hydrogen) atoms. The maximum absolute atomic E-state index is 12.0. The van der Waals surface area contributed by atoms with E-state index in [4.69, 9.17) is 0 Å². The maximum Gasteiger partial charge on any atom is 0.328 e. The molecule has 2 N–H and O–H groups in total. The van der Waals surface area contributed by atoms with E-state index in [1.54, 1.807) is 0 Å². The molecule has 2 atom stereocenters. The number of methoxy groups -OCH3 is 1. The molecular formula is C11H20N2O3. The Labute approximate surface area is 95.9 Å². The number of esters is 1. The molecule has 0 aromatic rings. The largest absolute Gasteiger partial charge is 0.467 e. The molecule has 92 valence electrons. The second-order valence-corrected chi connectivity index (χ2v) is 4.44. The van der Waals surface area contributed by atoms with Gasteiger partial charge in [0.1, 0.15) is 6.04 Å². The van der Waals surface area contributed by atoms with E-state index in [0.29, 0.717) is 13.0 Å². The van der Waals surface area contributed by atoms with Gasteiger partial charge in [-0.2, -0.15) is 0 Å². The van der Waals surface area contributed by atoms with E-state index in [1.807, 2.05) is 13.8 Å². The van der Waals surface area contributed by atoms with Crippen LogP contribution in [0.2, 0.25) is 0 Å². The summed E-state index contributed by atoms with van der Waals surface area (Å²) in [5, 5.41) is 5.90. The molecule has 2 unspecified atom stereocenters. The van der Waals surface area contributed by atoms with Crippen LogP contribution in [0.25, 0.3) is 0 Å². The minimum absolute atomic E-state index is 0.0743. The molecule has 0 aliphatic carbocycles. The van der Waals surface area contributed by atoms with E-state index in [0.717, 1.165) is 13.0 Å². The molecule has 0 bridgehead atoms. The van der Waals surface area contributed by atoms with Crippen LogP contribution in [0.1, 0.15) is 26.7 Å². The van der Waals surface area contributed by atoms with E-state index in [1.165, 1.54) is 7.11 Å². The van der Waals surface area contributed by atoms with Crippen molar-refractivity contribution >= 4 is 11.9 Å². The van der Waals surface area contributed by atoms with Crippen LogP contribution in [0.15, 0.2) is 0 Å². The number of carbonyl (C=O) groups excluding carboxylic acids is 2. The molecular weight excluding hydrogens is 208 g/mol. The fourth-order valence-corrected chi connectivity index (χ4v) is 1.81. The van der Waals surface area contributed by atoms with Crippen LogP contribution in [0, 0.1) is 5.41 Å². The Balaban J connectivity index is 2.58. The third kappa shape index (κ3) is 2.72. The second kappa shape index (κ2) is 5.30. The molecule has 1 aliphatic heterocycles. The maximum atomic E-state index is 12.0. The zero-order chi connectivity index (χ0) is 12.2. The molecule has 1 aliphatic rings. The summed E-state index contributed by atoms with van der Waals surface area (Å²) in [5.74, 6) is -0.458. The van der Waals surface area contributed by atoms with Crippen LogP contribution in [0.4, 0.5) is 0 Å². The molecule has 5 nitrogen and oxygen atoms in total. The Bertz CT molecular complexity index is 272. The molecule has 1 saturated heterocycles. The number of rotatable bonds is 4. The van der Waals surface area contributed by atoms with Gasteiger partial charge in [0, 0.05) is 6.54 Å². The Morgan fingerprint density at radius 1 is 1.56 bits per heavy atom. The topological polar surface area (TPSA) is 67.4 Å². The van der Waals surface area contributed by atoms with Crippen LogP contribution in [0.5, 0.6) is 0 Å². The molecule has 1 amide bonds. The van der Waals surface area contributed by atoms with E-state index >= 15 is 0 Å². The van der Waals surface area contributed by atoms with Crippen molar-refractivity contribution in [2.45, 2.75) is 32.7 Å². The minimum atomic E-state index is -0.532. The normalized spacial score (nSPS) is 26.2. The number of hydrogen-bond donors (Lipinski definition) is 2. The van der Waals surface area contributed by atoms with Gasteiger partial charge >= 0.3 is 5.97 Å². The first-order chi connectivity index (χ1) is 7.53. The van der Waals surface area contributed by atoms with E-state index in [2.05, 4.69) is 15.4 Å². The Morgan fingerprint density at radius 2 is 2.25 bits per heavy atom. The van der Waals surface area contributed by atoms with Crippen LogP contribution in [0.3, 0.4) is 0 Å². The summed E-state index contributed by atoms with van der Waals surface area (Å²) in [5.41, 5.74) is -0.401. The van der Waals surface area contributed by atoms with Gasteiger partial charge in [0.2, 0.25) is 5.91 Å². The average molecular weight is 228 g/mol. The van der Waals surface area contributed by atoms with Crippen molar-refractivity contribution in [3.05, 3.63) is 0 Å². The monoisotopic (exact) mass is 228 g/mol. The first-order valence-electron chi connectivity index (χ1n) is 5.63. The number of amides is 1. The lowest BCUT2D eigenvalue weighted by Gasteiger charge is -2.24. The predicted molar refractivity (Wildman–Crippen MR) is 59.8 cm³/mol. The molecule has 1 rings (SSSR count). The van der Waals surface area contributed by atoms with Gasteiger partial charge in [-0.05, 0) is 26.3 Å². The third-order valence-electron chi connectivity index (χ3n) is 3.12. The Kier molecular flexibility index (Phi) is 4.29. The summed E-state index contributed by atoms with van der Waals surface area (Å²) in [6, 6.07) is -0.532. The molecule has 0 spiro atoms. The van der Waals surface area contributed by atoms with Gasteiger partial charge in [-0.1, -0.05) is 6.92 Å². The summed E-state index contributed by atoms with van der Waals surface area (Å²) in [6.07, 6.45) is 1.35. The summed E-state index contributed by atoms with van der Waals surface area (Å²) in [7, 11) is 1.33. The van der Waals surface area contributed by atoms with Gasteiger partial charge in [-0.15, -0.1) is 0 Å². The highest BCUT2D eigenvalue weighted by Crippen LogP contribution is 2.24.